The third-order valence-electron chi connectivity index (χ3n) is 5.77. The lowest BCUT2D eigenvalue weighted by Gasteiger charge is -2.36. The molecule has 1 amide bonds. The van der Waals surface area contributed by atoms with Crippen molar-refractivity contribution in [2.75, 3.05) is 19.6 Å². The van der Waals surface area contributed by atoms with Gasteiger partial charge in [0.25, 0.3) is 0 Å². The zero-order chi connectivity index (χ0) is 17.3. The van der Waals surface area contributed by atoms with Crippen LogP contribution in [0, 0.1) is 11.2 Å². The van der Waals surface area contributed by atoms with Gasteiger partial charge in [0.2, 0.25) is 5.91 Å². The Morgan fingerprint density at radius 2 is 1.72 bits per heavy atom. The van der Waals surface area contributed by atoms with E-state index in [0.717, 1.165) is 37.1 Å². The fraction of sp³-hybridized carbons (Fsp3) is 0.381. The molecule has 130 valence electrons. The summed E-state index contributed by atoms with van der Waals surface area (Å²) < 4.78 is 13.4. The van der Waals surface area contributed by atoms with E-state index in [1.807, 2.05) is 35.2 Å². The highest BCUT2D eigenvalue weighted by Crippen LogP contribution is 2.50. The highest BCUT2D eigenvalue weighted by Gasteiger charge is 2.54. The van der Waals surface area contributed by atoms with Crippen LogP contribution < -0.4 is 5.32 Å². The molecule has 2 aromatic carbocycles. The molecular formula is C21H23FN2O. The molecule has 2 heterocycles. The van der Waals surface area contributed by atoms with Crippen molar-refractivity contribution in [2.24, 2.45) is 5.41 Å². The Morgan fingerprint density at radius 3 is 2.40 bits per heavy atom. The average Bonchev–Trinajstić information content (AvgIpc) is 2.90. The molecule has 4 heteroatoms. The second kappa shape index (κ2) is 6.60. The largest absolute Gasteiger partial charge is 0.337 e. The fourth-order valence-corrected chi connectivity index (χ4v) is 4.44. The number of hydrogen-bond donors (Lipinski definition) is 1. The molecule has 0 radical (unpaired) electrons. The Labute approximate surface area is 147 Å². The zero-order valence-electron chi connectivity index (χ0n) is 14.2. The number of carbonyl (C=O) groups is 1. The Morgan fingerprint density at radius 1 is 1.04 bits per heavy atom. The average molecular weight is 338 g/mol. The van der Waals surface area contributed by atoms with Crippen LogP contribution in [0.25, 0.3) is 0 Å². The van der Waals surface area contributed by atoms with Crippen molar-refractivity contribution < 1.29 is 9.18 Å². The number of carbonyl (C=O) groups excluding carboxylic acids is 1. The van der Waals surface area contributed by atoms with Gasteiger partial charge in [-0.05, 0) is 49.2 Å². The van der Waals surface area contributed by atoms with Gasteiger partial charge >= 0.3 is 0 Å². The highest BCUT2D eigenvalue weighted by atomic mass is 19.1. The molecule has 1 N–H and O–H groups in total. The molecule has 2 fully saturated rings. The molecule has 2 aliphatic rings. The molecule has 25 heavy (non-hydrogen) atoms. The summed E-state index contributed by atoms with van der Waals surface area (Å²) in [6.07, 6.45) is 1.69. The smallest absolute Gasteiger partial charge is 0.229 e. The van der Waals surface area contributed by atoms with Crippen molar-refractivity contribution in [2.45, 2.75) is 25.3 Å². The monoisotopic (exact) mass is 338 g/mol. The van der Waals surface area contributed by atoms with E-state index in [9.17, 15) is 9.18 Å². The highest BCUT2D eigenvalue weighted by molar-refractivity contribution is 5.87. The lowest BCUT2D eigenvalue weighted by Crippen LogP contribution is -2.44. The maximum Gasteiger partial charge on any atom is 0.229 e. The lowest BCUT2D eigenvalue weighted by atomic mass is 9.68. The molecule has 1 spiro atoms. The van der Waals surface area contributed by atoms with E-state index >= 15 is 0 Å². The number of piperidine rings is 1. The molecule has 1 unspecified atom stereocenters. The van der Waals surface area contributed by atoms with Crippen LogP contribution in [0.3, 0.4) is 0 Å². The van der Waals surface area contributed by atoms with Crippen molar-refractivity contribution in [3.8, 4) is 0 Å². The first-order valence-corrected chi connectivity index (χ1v) is 8.98. The summed E-state index contributed by atoms with van der Waals surface area (Å²) in [5.41, 5.74) is 1.88. The minimum atomic E-state index is -0.349. The molecule has 2 aromatic rings. The van der Waals surface area contributed by atoms with Gasteiger partial charge in [0.15, 0.2) is 0 Å². The van der Waals surface area contributed by atoms with E-state index in [1.165, 1.54) is 12.1 Å². The van der Waals surface area contributed by atoms with E-state index in [2.05, 4.69) is 17.4 Å². The number of benzene rings is 2. The van der Waals surface area contributed by atoms with E-state index in [-0.39, 0.29) is 23.1 Å². The third kappa shape index (κ3) is 2.95. The number of halogens is 1. The van der Waals surface area contributed by atoms with Crippen LogP contribution in [-0.4, -0.2) is 30.4 Å². The third-order valence-corrected chi connectivity index (χ3v) is 5.77. The number of amides is 1. The van der Waals surface area contributed by atoms with Crippen LogP contribution in [-0.2, 0) is 11.3 Å². The molecule has 2 saturated heterocycles. The zero-order valence-corrected chi connectivity index (χ0v) is 14.2. The van der Waals surface area contributed by atoms with Gasteiger partial charge in [-0.15, -0.1) is 0 Å². The van der Waals surface area contributed by atoms with Gasteiger partial charge in [-0.1, -0.05) is 42.5 Å². The molecule has 4 rings (SSSR count). The van der Waals surface area contributed by atoms with Crippen molar-refractivity contribution in [1.29, 1.82) is 0 Å². The SMILES string of the molecule is O=C1N(Cc2ccccc2)CC(c2ccc(F)cc2)C12CCNCC2. The van der Waals surface area contributed by atoms with Gasteiger partial charge in [-0.2, -0.15) is 0 Å². The summed E-state index contributed by atoms with van der Waals surface area (Å²) in [5, 5.41) is 3.37. The Kier molecular flexibility index (Phi) is 4.30. The topological polar surface area (TPSA) is 32.3 Å². The van der Waals surface area contributed by atoms with Gasteiger partial charge < -0.3 is 10.2 Å². The minimum absolute atomic E-state index is 0.131. The van der Waals surface area contributed by atoms with Gasteiger partial charge in [0, 0.05) is 19.0 Å². The summed E-state index contributed by atoms with van der Waals surface area (Å²) in [6, 6.07) is 16.8. The van der Waals surface area contributed by atoms with Crippen LogP contribution in [0.4, 0.5) is 4.39 Å². The van der Waals surface area contributed by atoms with E-state index in [1.54, 1.807) is 0 Å². The molecule has 2 aliphatic heterocycles. The second-order valence-electron chi connectivity index (χ2n) is 7.18. The van der Waals surface area contributed by atoms with Crippen LogP contribution in [0.5, 0.6) is 0 Å². The summed E-state index contributed by atoms with van der Waals surface area (Å²) in [5.74, 6) is 0.159. The quantitative estimate of drug-likeness (QED) is 0.931. The molecule has 0 aromatic heterocycles. The molecule has 0 aliphatic carbocycles. The number of nitrogens with one attached hydrogen (secondary N) is 1. The number of nitrogens with zero attached hydrogens (tertiary/aromatic N) is 1. The van der Waals surface area contributed by atoms with Crippen LogP contribution >= 0.6 is 0 Å². The molecule has 3 nitrogen and oxygen atoms in total. The first kappa shape index (κ1) is 16.3. The van der Waals surface area contributed by atoms with Gasteiger partial charge in [0.05, 0.1) is 5.41 Å². The normalized spacial score (nSPS) is 22.5. The number of likely N-dealkylation sites (tertiary alicyclic amines) is 1. The summed E-state index contributed by atoms with van der Waals surface area (Å²) in [7, 11) is 0. The first-order valence-electron chi connectivity index (χ1n) is 8.98. The molecular weight excluding hydrogens is 315 g/mol. The fourth-order valence-electron chi connectivity index (χ4n) is 4.44. The van der Waals surface area contributed by atoms with E-state index < -0.39 is 0 Å². The maximum absolute atomic E-state index is 13.4. The second-order valence-corrected chi connectivity index (χ2v) is 7.18. The maximum atomic E-state index is 13.4. The standard InChI is InChI=1S/C21H23FN2O/c22-18-8-6-17(7-9-18)19-15-24(14-16-4-2-1-3-5-16)20(25)21(19)10-12-23-13-11-21/h1-9,19,23H,10-15H2. The van der Waals surface area contributed by atoms with E-state index in [4.69, 9.17) is 0 Å². The van der Waals surface area contributed by atoms with Crippen molar-refractivity contribution in [1.82, 2.24) is 10.2 Å². The van der Waals surface area contributed by atoms with Crippen molar-refractivity contribution >= 4 is 5.91 Å². The summed E-state index contributed by atoms with van der Waals surface area (Å²) >= 11 is 0. The Hall–Kier alpha value is -2.20. The van der Waals surface area contributed by atoms with E-state index in [0.29, 0.717) is 13.1 Å². The van der Waals surface area contributed by atoms with Crippen LogP contribution in [0.2, 0.25) is 0 Å². The Balaban J connectivity index is 1.66. The van der Waals surface area contributed by atoms with Crippen LogP contribution in [0.1, 0.15) is 29.9 Å². The molecule has 0 saturated carbocycles. The summed E-state index contributed by atoms with van der Waals surface area (Å²) in [6.45, 7) is 3.08. The van der Waals surface area contributed by atoms with Crippen LogP contribution in [0.15, 0.2) is 54.6 Å². The first-order chi connectivity index (χ1) is 12.2. The predicted molar refractivity (Wildman–Crippen MR) is 95.5 cm³/mol. The van der Waals surface area contributed by atoms with Gasteiger partial charge in [-0.25, -0.2) is 4.39 Å². The summed E-state index contributed by atoms with van der Waals surface area (Å²) in [4.78, 5) is 15.4. The molecule has 0 bridgehead atoms. The lowest BCUT2D eigenvalue weighted by molar-refractivity contribution is -0.138. The number of hydrogen-bond acceptors (Lipinski definition) is 2. The minimum Gasteiger partial charge on any atom is -0.337 e. The predicted octanol–water partition coefficient (Wildman–Crippen LogP) is 3.32. The van der Waals surface area contributed by atoms with Gasteiger partial charge in [0.1, 0.15) is 5.82 Å². The Bertz CT molecular complexity index is 738. The van der Waals surface area contributed by atoms with Crippen molar-refractivity contribution in [3.63, 3.8) is 0 Å². The van der Waals surface area contributed by atoms with Crippen molar-refractivity contribution in [3.05, 3.63) is 71.5 Å². The van der Waals surface area contributed by atoms with Gasteiger partial charge in [-0.3, -0.25) is 4.79 Å². The number of rotatable bonds is 3. The molecule has 1 atom stereocenters.